The normalized spacial score (nSPS) is 10.7. The van der Waals surface area contributed by atoms with Crippen molar-refractivity contribution in [1.82, 2.24) is 0 Å². The van der Waals surface area contributed by atoms with E-state index in [-0.39, 0.29) is 0 Å². The molecule has 0 atom stereocenters. The van der Waals surface area contributed by atoms with Crippen molar-refractivity contribution in [2.45, 2.75) is 46.6 Å². The van der Waals surface area contributed by atoms with Gasteiger partial charge in [0.05, 0.1) is 11.6 Å². The molecule has 0 aliphatic rings. The number of hydrogen-bond acceptors (Lipinski definition) is 2. The van der Waals surface area contributed by atoms with Gasteiger partial charge in [0.1, 0.15) is 0 Å². The number of nitrogens with zero attached hydrogens (tertiary/aromatic N) is 2. The van der Waals surface area contributed by atoms with Crippen LogP contribution in [0.15, 0.2) is 24.3 Å². The molecule has 0 saturated heterocycles. The molecule has 0 amide bonds. The summed E-state index contributed by atoms with van der Waals surface area (Å²) < 4.78 is 0. The monoisotopic (exact) mass is 244 g/mol. The fourth-order valence-corrected chi connectivity index (χ4v) is 2.34. The number of nitriles is 1. The van der Waals surface area contributed by atoms with Gasteiger partial charge in [-0.15, -0.1) is 0 Å². The molecule has 0 aliphatic heterocycles. The molecular formula is C16H24N2. The van der Waals surface area contributed by atoms with Crippen LogP contribution in [0.4, 0.5) is 5.69 Å². The van der Waals surface area contributed by atoms with E-state index in [9.17, 15) is 0 Å². The standard InChI is InChI=1S/C16H24N2/c1-5-15(6-2)18(12-13(3)4)16-9-7-8-14(10-16)11-17/h7-10,13,15H,5-6,12H2,1-4H3. The fraction of sp³-hybridized carbons (Fsp3) is 0.562. The van der Waals surface area contributed by atoms with Gasteiger partial charge in [-0.2, -0.15) is 5.26 Å². The van der Waals surface area contributed by atoms with Gasteiger partial charge in [-0.1, -0.05) is 33.8 Å². The second-order valence-corrected chi connectivity index (χ2v) is 5.18. The van der Waals surface area contributed by atoms with E-state index >= 15 is 0 Å². The summed E-state index contributed by atoms with van der Waals surface area (Å²) in [5, 5.41) is 9.01. The zero-order chi connectivity index (χ0) is 13.5. The lowest BCUT2D eigenvalue weighted by Crippen LogP contribution is -2.37. The lowest BCUT2D eigenvalue weighted by molar-refractivity contribution is 0.507. The summed E-state index contributed by atoms with van der Waals surface area (Å²) in [7, 11) is 0. The van der Waals surface area contributed by atoms with E-state index in [1.54, 1.807) is 0 Å². The molecule has 0 unspecified atom stereocenters. The predicted octanol–water partition coefficient (Wildman–Crippen LogP) is 4.21. The summed E-state index contributed by atoms with van der Waals surface area (Å²) >= 11 is 0. The first kappa shape index (κ1) is 14.6. The molecule has 0 spiro atoms. The molecule has 1 aromatic carbocycles. The van der Waals surface area contributed by atoms with Crippen LogP contribution in [0.25, 0.3) is 0 Å². The van der Waals surface area contributed by atoms with E-state index in [0.29, 0.717) is 12.0 Å². The first-order chi connectivity index (χ1) is 8.62. The molecule has 0 radical (unpaired) electrons. The molecule has 0 N–H and O–H groups in total. The SMILES string of the molecule is CCC(CC)N(CC(C)C)c1cccc(C#N)c1. The summed E-state index contributed by atoms with van der Waals surface area (Å²) in [5.74, 6) is 0.622. The maximum atomic E-state index is 9.01. The first-order valence-electron chi connectivity index (χ1n) is 6.89. The average molecular weight is 244 g/mol. The third kappa shape index (κ3) is 3.77. The van der Waals surface area contributed by atoms with Crippen molar-refractivity contribution in [3.05, 3.63) is 29.8 Å². The van der Waals surface area contributed by atoms with Crippen LogP contribution in [0.2, 0.25) is 0 Å². The molecule has 2 nitrogen and oxygen atoms in total. The van der Waals surface area contributed by atoms with E-state index in [2.05, 4.69) is 44.7 Å². The van der Waals surface area contributed by atoms with Crippen molar-refractivity contribution in [2.24, 2.45) is 5.92 Å². The van der Waals surface area contributed by atoms with Gasteiger partial charge in [-0.25, -0.2) is 0 Å². The van der Waals surface area contributed by atoms with Gasteiger partial charge < -0.3 is 4.90 Å². The molecule has 0 aliphatic carbocycles. The van der Waals surface area contributed by atoms with Gasteiger partial charge >= 0.3 is 0 Å². The van der Waals surface area contributed by atoms with Crippen molar-refractivity contribution in [1.29, 1.82) is 5.26 Å². The van der Waals surface area contributed by atoms with E-state index in [1.165, 1.54) is 5.69 Å². The highest BCUT2D eigenvalue weighted by Gasteiger charge is 2.17. The predicted molar refractivity (Wildman–Crippen MR) is 77.7 cm³/mol. The van der Waals surface area contributed by atoms with E-state index in [1.807, 2.05) is 18.2 Å². The first-order valence-corrected chi connectivity index (χ1v) is 6.89. The van der Waals surface area contributed by atoms with Crippen molar-refractivity contribution >= 4 is 5.69 Å². The van der Waals surface area contributed by atoms with Crippen LogP contribution < -0.4 is 4.90 Å². The van der Waals surface area contributed by atoms with Crippen LogP contribution in [-0.2, 0) is 0 Å². The Labute approximate surface area is 111 Å². The highest BCUT2D eigenvalue weighted by atomic mass is 15.2. The summed E-state index contributed by atoms with van der Waals surface area (Å²) in [5.41, 5.74) is 1.92. The van der Waals surface area contributed by atoms with Crippen molar-refractivity contribution in [3.8, 4) is 6.07 Å². The molecule has 2 heteroatoms. The Morgan fingerprint density at radius 1 is 1.22 bits per heavy atom. The van der Waals surface area contributed by atoms with Crippen LogP contribution >= 0.6 is 0 Å². The second kappa shape index (κ2) is 7.06. The molecule has 0 heterocycles. The van der Waals surface area contributed by atoms with Crippen LogP contribution in [-0.4, -0.2) is 12.6 Å². The Bertz CT molecular complexity index is 400. The quantitative estimate of drug-likeness (QED) is 0.749. The van der Waals surface area contributed by atoms with E-state index in [0.717, 1.165) is 24.9 Å². The molecule has 1 aromatic rings. The zero-order valence-corrected chi connectivity index (χ0v) is 12.0. The van der Waals surface area contributed by atoms with Gasteiger partial charge in [0.25, 0.3) is 0 Å². The maximum Gasteiger partial charge on any atom is 0.0992 e. The highest BCUT2D eigenvalue weighted by molar-refractivity contribution is 5.52. The Kier molecular flexibility index (Phi) is 5.71. The number of anilines is 1. The lowest BCUT2D eigenvalue weighted by Gasteiger charge is -2.34. The molecule has 98 valence electrons. The number of rotatable bonds is 6. The Morgan fingerprint density at radius 2 is 1.89 bits per heavy atom. The third-order valence-electron chi connectivity index (χ3n) is 3.25. The minimum atomic E-state index is 0.557. The minimum Gasteiger partial charge on any atom is -0.368 e. The van der Waals surface area contributed by atoms with Crippen LogP contribution in [0, 0.1) is 17.2 Å². The minimum absolute atomic E-state index is 0.557. The van der Waals surface area contributed by atoms with Gasteiger partial charge in [-0.05, 0) is 37.0 Å². The molecular weight excluding hydrogens is 220 g/mol. The third-order valence-corrected chi connectivity index (χ3v) is 3.25. The molecule has 0 saturated carbocycles. The van der Waals surface area contributed by atoms with Gasteiger partial charge in [0.2, 0.25) is 0 Å². The molecule has 18 heavy (non-hydrogen) atoms. The summed E-state index contributed by atoms with van der Waals surface area (Å²) in [6.07, 6.45) is 2.28. The smallest absolute Gasteiger partial charge is 0.0992 e. The largest absolute Gasteiger partial charge is 0.368 e. The van der Waals surface area contributed by atoms with E-state index < -0.39 is 0 Å². The Balaban J connectivity index is 3.04. The highest BCUT2D eigenvalue weighted by Crippen LogP contribution is 2.23. The fourth-order valence-electron chi connectivity index (χ4n) is 2.34. The number of hydrogen-bond donors (Lipinski definition) is 0. The molecule has 0 bridgehead atoms. The van der Waals surface area contributed by atoms with Gasteiger partial charge in [-0.3, -0.25) is 0 Å². The van der Waals surface area contributed by atoms with Crippen molar-refractivity contribution in [2.75, 3.05) is 11.4 Å². The van der Waals surface area contributed by atoms with Crippen LogP contribution in [0.3, 0.4) is 0 Å². The Hall–Kier alpha value is -1.49. The lowest BCUT2D eigenvalue weighted by atomic mass is 10.1. The average Bonchev–Trinajstić information content (AvgIpc) is 2.38. The van der Waals surface area contributed by atoms with Gasteiger partial charge in [0, 0.05) is 18.3 Å². The second-order valence-electron chi connectivity index (χ2n) is 5.18. The summed E-state index contributed by atoms with van der Waals surface area (Å²) in [4.78, 5) is 2.45. The molecule has 0 fully saturated rings. The van der Waals surface area contributed by atoms with Crippen molar-refractivity contribution in [3.63, 3.8) is 0 Å². The Morgan fingerprint density at radius 3 is 2.39 bits per heavy atom. The molecule has 0 aromatic heterocycles. The maximum absolute atomic E-state index is 9.01. The van der Waals surface area contributed by atoms with Crippen LogP contribution in [0.1, 0.15) is 46.1 Å². The summed E-state index contributed by atoms with van der Waals surface area (Å²) in [6, 6.07) is 10.7. The summed E-state index contributed by atoms with van der Waals surface area (Å²) in [6.45, 7) is 9.99. The van der Waals surface area contributed by atoms with Gasteiger partial charge in [0.15, 0.2) is 0 Å². The van der Waals surface area contributed by atoms with Crippen molar-refractivity contribution < 1.29 is 0 Å². The number of benzene rings is 1. The zero-order valence-electron chi connectivity index (χ0n) is 12.0. The van der Waals surface area contributed by atoms with E-state index in [4.69, 9.17) is 5.26 Å². The topological polar surface area (TPSA) is 27.0 Å². The molecule has 1 rings (SSSR count). The van der Waals surface area contributed by atoms with Crippen LogP contribution in [0.5, 0.6) is 0 Å².